The molecular weight excluding hydrogens is 573 g/mol. The van der Waals surface area contributed by atoms with Gasteiger partial charge >= 0.3 is 6.01 Å². The second-order valence-electron chi connectivity index (χ2n) is 12.3. The van der Waals surface area contributed by atoms with Crippen molar-refractivity contribution >= 4 is 34.1 Å². The minimum Gasteiger partial charge on any atom is -0.461 e. The number of carbonyl (C=O) groups is 2. The summed E-state index contributed by atoms with van der Waals surface area (Å²) in [6.07, 6.45) is 1.22. The van der Waals surface area contributed by atoms with Crippen LogP contribution in [0.2, 0.25) is 0 Å². The first kappa shape index (κ1) is 30.3. The number of piperazine rings is 1. The highest BCUT2D eigenvalue weighted by Crippen LogP contribution is 2.36. The van der Waals surface area contributed by atoms with Crippen LogP contribution in [0.1, 0.15) is 36.6 Å². The first-order valence-electron chi connectivity index (χ1n) is 15.4. The monoisotopic (exact) mass is 611 g/mol. The number of nitrogens with zero attached hydrogens (tertiary/aromatic N) is 7. The van der Waals surface area contributed by atoms with Crippen LogP contribution in [0.4, 0.5) is 15.9 Å². The maximum atomic E-state index is 13.8. The van der Waals surface area contributed by atoms with Crippen molar-refractivity contribution in [1.82, 2.24) is 19.8 Å². The molecule has 234 valence electrons. The van der Waals surface area contributed by atoms with Crippen molar-refractivity contribution in [3.05, 3.63) is 65.6 Å². The molecular formula is C34H38FN7O3. The van der Waals surface area contributed by atoms with E-state index in [1.54, 1.807) is 11.9 Å². The Bertz CT molecular complexity index is 1700. The van der Waals surface area contributed by atoms with Gasteiger partial charge < -0.3 is 24.3 Å². The lowest BCUT2D eigenvalue weighted by atomic mass is 9.99. The summed E-state index contributed by atoms with van der Waals surface area (Å²) in [7, 11) is 1.80. The lowest BCUT2D eigenvalue weighted by Crippen LogP contribution is -2.55. The van der Waals surface area contributed by atoms with Crippen LogP contribution in [0.5, 0.6) is 6.01 Å². The number of amides is 2. The van der Waals surface area contributed by atoms with Crippen LogP contribution in [0.15, 0.2) is 48.8 Å². The highest BCUT2D eigenvalue weighted by Gasteiger charge is 2.37. The zero-order valence-electron chi connectivity index (χ0n) is 26.0. The number of likely N-dealkylation sites (N-methyl/N-ethyl adjacent to an activating group) is 1. The van der Waals surface area contributed by atoms with Crippen LogP contribution in [-0.2, 0) is 22.6 Å². The summed E-state index contributed by atoms with van der Waals surface area (Å²) < 4.78 is 20.1. The summed E-state index contributed by atoms with van der Waals surface area (Å²) in [4.78, 5) is 42.2. The van der Waals surface area contributed by atoms with Gasteiger partial charge in [-0.05, 0) is 36.3 Å². The second-order valence-corrected chi connectivity index (χ2v) is 12.3. The molecule has 3 atom stereocenters. The van der Waals surface area contributed by atoms with Crippen LogP contribution in [0.3, 0.4) is 0 Å². The van der Waals surface area contributed by atoms with Gasteiger partial charge in [-0.25, -0.2) is 4.39 Å². The number of aryl methyl sites for hydroxylation is 1. The Hall–Kier alpha value is -4.72. The number of ether oxygens (including phenoxy) is 1. The van der Waals surface area contributed by atoms with E-state index in [0.29, 0.717) is 38.3 Å². The van der Waals surface area contributed by atoms with Crippen molar-refractivity contribution in [2.45, 2.75) is 51.7 Å². The fourth-order valence-electron chi connectivity index (χ4n) is 7.00. The summed E-state index contributed by atoms with van der Waals surface area (Å²) in [6.45, 7) is 9.88. The number of halogens is 1. The Morgan fingerprint density at radius 1 is 1.16 bits per heavy atom. The lowest BCUT2D eigenvalue weighted by molar-refractivity contribution is -0.131. The number of anilines is 2. The lowest BCUT2D eigenvalue weighted by Gasteiger charge is -2.42. The molecule has 3 aliphatic heterocycles. The molecule has 2 amide bonds. The van der Waals surface area contributed by atoms with E-state index >= 15 is 0 Å². The molecule has 2 saturated heterocycles. The fraction of sp³-hybridized carbons (Fsp3) is 0.441. The smallest absolute Gasteiger partial charge is 0.318 e. The molecule has 45 heavy (non-hydrogen) atoms. The molecule has 6 rings (SSSR count). The van der Waals surface area contributed by atoms with Crippen LogP contribution in [0.25, 0.3) is 10.8 Å². The minimum atomic E-state index is -1.03. The van der Waals surface area contributed by atoms with Crippen LogP contribution >= 0.6 is 0 Å². The Morgan fingerprint density at radius 3 is 2.64 bits per heavy atom. The molecule has 2 fully saturated rings. The van der Waals surface area contributed by atoms with E-state index in [-0.39, 0.29) is 43.4 Å². The summed E-state index contributed by atoms with van der Waals surface area (Å²) in [5.41, 5.74) is 4.20. The van der Waals surface area contributed by atoms with Crippen molar-refractivity contribution in [3.8, 4) is 12.1 Å². The molecule has 4 heterocycles. The number of aromatic nitrogens is 2. The number of benzene rings is 2. The highest BCUT2D eigenvalue weighted by atomic mass is 19.1. The molecule has 0 saturated carbocycles. The molecule has 0 radical (unpaired) electrons. The molecule has 2 aromatic carbocycles. The molecule has 0 N–H and O–H groups in total. The van der Waals surface area contributed by atoms with Crippen molar-refractivity contribution in [2.75, 3.05) is 49.6 Å². The van der Waals surface area contributed by atoms with Crippen LogP contribution in [0, 0.1) is 24.2 Å². The van der Waals surface area contributed by atoms with Gasteiger partial charge in [0, 0.05) is 56.3 Å². The Kier molecular flexibility index (Phi) is 8.32. The summed E-state index contributed by atoms with van der Waals surface area (Å²) in [5.74, 6) is -0.867. The molecule has 0 bridgehead atoms. The number of fused-ring (bicyclic) bond motifs is 2. The van der Waals surface area contributed by atoms with Crippen LogP contribution < -0.4 is 14.5 Å². The van der Waals surface area contributed by atoms with Gasteiger partial charge in [0.15, 0.2) is 5.83 Å². The standard InChI is InChI=1S/C34H38FN7O3/c1-21-7-5-8-24-9-6-10-28(31(21)24)40-14-12-26-27(19-40)37-34(45-20-29-22(2)17-30(43)39(29)4)38-32(26)41-15-16-42(33(44)23(3)35)25(18-41)11-13-36/h5-10,22,25,29H,3,11-12,14-20H2,1-2,4H3/t22-,25+,29-/m1/s1. The average molecular weight is 612 g/mol. The Morgan fingerprint density at radius 2 is 1.93 bits per heavy atom. The summed E-state index contributed by atoms with van der Waals surface area (Å²) in [6, 6.07) is 14.5. The number of rotatable bonds is 7. The topological polar surface area (TPSA) is 106 Å². The maximum Gasteiger partial charge on any atom is 0.318 e. The van der Waals surface area contributed by atoms with E-state index in [9.17, 15) is 19.2 Å². The van der Waals surface area contributed by atoms with E-state index < -0.39 is 17.8 Å². The summed E-state index contributed by atoms with van der Waals surface area (Å²) in [5, 5.41) is 11.9. The third kappa shape index (κ3) is 5.77. The number of hydrogen-bond donors (Lipinski definition) is 0. The number of carbonyl (C=O) groups excluding carboxylic acids is 2. The number of nitriles is 1. The Labute approximate surface area is 262 Å². The molecule has 1 aromatic heterocycles. The number of likely N-dealkylation sites (tertiary alicyclic amines) is 1. The fourth-order valence-corrected chi connectivity index (χ4v) is 7.00. The van der Waals surface area contributed by atoms with E-state index in [2.05, 4.69) is 65.8 Å². The summed E-state index contributed by atoms with van der Waals surface area (Å²) >= 11 is 0. The highest BCUT2D eigenvalue weighted by molar-refractivity contribution is 5.97. The molecule has 0 aliphatic carbocycles. The van der Waals surface area contributed by atoms with Gasteiger partial charge in [-0.3, -0.25) is 9.59 Å². The minimum absolute atomic E-state index is 0.0558. The third-order valence-corrected chi connectivity index (χ3v) is 9.48. The van der Waals surface area contributed by atoms with Crippen molar-refractivity contribution < 1.29 is 18.7 Å². The van der Waals surface area contributed by atoms with Gasteiger partial charge in [-0.1, -0.05) is 43.8 Å². The molecule has 0 unspecified atom stereocenters. The molecule has 3 aliphatic rings. The first-order valence-corrected chi connectivity index (χ1v) is 15.4. The predicted octanol–water partition coefficient (Wildman–Crippen LogP) is 4.16. The SMILES string of the molecule is C=C(F)C(=O)N1CCN(c2nc(OC[C@@H]3[C@H](C)CC(=O)N3C)nc3c2CCN(c2cccc4cccc(C)c24)C3)C[C@@H]1CC#N. The van der Waals surface area contributed by atoms with E-state index in [1.165, 1.54) is 21.2 Å². The van der Waals surface area contributed by atoms with E-state index in [4.69, 9.17) is 14.7 Å². The number of hydrogen-bond acceptors (Lipinski definition) is 8. The van der Waals surface area contributed by atoms with Gasteiger partial charge in [0.25, 0.3) is 5.91 Å². The molecule has 0 spiro atoms. The van der Waals surface area contributed by atoms with Gasteiger partial charge in [0.05, 0.1) is 36.8 Å². The quantitative estimate of drug-likeness (QED) is 0.367. The zero-order valence-corrected chi connectivity index (χ0v) is 26.0. The van der Waals surface area contributed by atoms with Crippen LogP contribution in [-0.4, -0.2) is 83.5 Å². The van der Waals surface area contributed by atoms with Gasteiger partial charge in [0.1, 0.15) is 12.4 Å². The van der Waals surface area contributed by atoms with Crippen molar-refractivity contribution in [2.24, 2.45) is 5.92 Å². The first-order chi connectivity index (χ1) is 21.7. The van der Waals surface area contributed by atoms with Gasteiger partial charge in [-0.15, -0.1) is 0 Å². The third-order valence-electron chi connectivity index (χ3n) is 9.48. The largest absolute Gasteiger partial charge is 0.461 e. The van der Waals surface area contributed by atoms with Gasteiger partial charge in [-0.2, -0.15) is 15.2 Å². The average Bonchev–Trinajstić information content (AvgIpc) is 3.28. The molecule has 11 heteroatoms. The van der Waals surface area contributed by atoms with Crippen molar-refractivity contribution in [3.63, 3.8) is 0 Å². The normalized spacial score (nSPS) is 21.6. The second kappa shape index (κ2) is 12.3. The Balaban J connectivity index is 1.35. The predicted molar refractivity (Wildman–Crippen MR) is 169 cm³/mol. The molecule has 3 aromatic rings. The van der Waals surface area contributed by atoms with E-state index in [0.717, 1.165) is 23.5 Å². The maximum absolute atomic E-state index is 13.8. The molecule has 10 nitrogen and oxygen atoms in total. The van der Waals surface area contributed by atoms with Gasteiger partial charge in [0.2, 0.25) is 5.91 Å². The van der Waals surface area contributed by atoms with E-state index in [1.807, 2.05) is 6.92 Å². The van der Waals surface area contributed by atoms with Crippen molar-refractivity contribution in [1.29, 1.82) is 5.26 Å². The zero-order chi connectivity index (χ0) is 31.8.